The number of rotatable bonds is 1. The fraction of sp³-hybridized carbons (Fsp3) is 0.600. The van der Waals surface area contributed by atoms with Crippen LogP contribution in [0.1, 0.15) is 6.42 Å². The van der Waals surface area contributed by atoms with Gasteiger partial charge in [0.05, 0.1) is 0 Å². The second-order valence-electron chi connectivity index (χ2n) is 2.11. The normalized spacial score (nSPS) is 31.9. The SMILES string of the molecule is O=C(O)C1(F)CCNC1=O. The Labute approximate surface area is 56.0 Å². The zero-order chi connectivity index (χ0) is 7.78. The van der Waals surface area contributed by atoms with Crippen LogP contribution < -0.4 is 5.32 Å². The molecule has 1 rings (SSSR count). The number of halogens is 1. The van der Waals surface area contributed by atoms with Crippen molar-refractivity contribution in [2.45, 2.75) is 12.1 Å². The summed E-state index contributed by atoms with van der Waals surface area (Å²) in [6.45, 7) is 0.0988. The lowest BCUT2D eigenvalue weighted by Crippen LogP contribution is -2.41. The fourth-order valence-corrected chi connectivity index (χ4v) is 0.806. The highest BCUT2D eigenvalue weighted by Crippen LogP contribution is 2.20. The predicted octanol–water partition coefficient (Wildman–Crippen LogP) is -0.701. The summed E-state index contributed by atoms with van der Waals surface area (Å²) >= 11 is 0. The smallest absolute Gasteiger partial charge is 0.351 e. The van der Waals surface area contributed by atoms with Gasteiger partial charge in [-0.25, -0.2) is 9.18 Å². The lowest BCUT2D eigenvalue weighted by molar-refractivity contribution is -0.155. The molecular formula is C5H6FNO3. The molecule has 0 radical (unpaired) electrons. The van der Waals surface area contributed by atoms with Gasteiger partial charge in [0, 0.05) is 13.0 Å². The number of carboxylic acids is 1. The minimum Gasteiger partial charge on any atom is -0.478 e. The van der Waals surface area contributed by atoms with Crippen LogP contribution in [0.5, 0.6) is 0 Å². The molecule has 1 saturated heterocycles. The van der Waals surface area contributed by atoms with Crippen LogP contribution in [0.4, 0.5) is 4.39 Å². The van der Waals surface area contributed by atoms with Gasteiger partial charge < -0.3 is 10.4 Å². The van der Waals surface area contributed by atoms with E-state index in [2.05, 4.69) is 5.32 Å². The van der Waals surface area contributed by atoms with Crippen molar-refractivity contribution in [2.24, 2.45) is 0 Å². The van der Waals surface area contributed by atoms with E-state index in [-0.39, 0.29) is 13.0 Å². The van der Waals surface area contributed by atoms with Crippen LogP contribution in [0.25, 0.3) is 0 Å². The van der Waals surface area contributed by atoms with Gasteiger partial charge in [-0.05, 0) is 0 Å². The van der Waals surface area contributed by atoms with Gasteiger partial charge in [-0.2, -0.15) is 0 Å². The third-order valence-corrected chi connectivity index (χ3v) is 1.45. The van der Waals surface area contributed by atoms with Crippen LogP contribution in [0, 0.1) is 0 Å². The van der Waals surface area contributed by atoms with Crippen LogP contribution >= 0.6 is 0 Å². The van der Waals surface area contributed by atoms with Crippen molar-refractivity contribution in [2.75, 3.05) is 6.54 Å². The summed E-state index contributed by atoms with van der Waals surface area (Å²) in [4.78, 5) is 20.6. The van der Waals surface area contributed by atoms with Gasteiger partial charge >= 0.3 is 5.97 Å². The summed E-state index contributed by atoms with van der Waals surface area (Å²) in [5.74, 6) is -2.75. The van der Waals surface area contributed by atoms with E-state index in [9.17, 15) is 14.0 Å². The zero-order valence-corrected chi connectivity index (χ0v) is 5.06. The lowest BCUT2D eigenvalue weighted by atomic mass is 10.1. The molecule has 5 heteroatoms. The molecule has 56 valence electrons. The van der Waals surface area contributed by atoms with Crippen molar-refractivity contribution in [3.05, 3.63) is 0 Å². The van der Waals surface area contributed by atoms with E-state index in [1.54, 1.807) is 0 Å². The molecule has 4 nitrogen and oxygen atoms in total. The van der Waals surface area contributed by atoms with E-state index in [0.29, 0.717) is 0 Å². The molecule has 1 fully saturated rings. The molecule has 10 heavy (non-hydrogen) atoms. The molecule has 2 N–H and O–H groups in total. The maximum absolute atomic E-state index is 12.8. The summed E-state index contributed by atoms with van der Waals surface area (Å²) in [5.41, 5.74) is -2.68. The Morgan fingerprint density at radius 2 is 2.40 bits per heavy atom. The Morgan fingerprint density at radius 3 is 2.60 bits per heavy atom. The van der Waals surface area contributed by atoms with Gasteiger partial charge in [-0.3, -0.25) is 4.79 Å². The number of carboxylic acid groups (broad SMARTS) is 1. The summed E-state index contributed by atoms with van der Waals surface area (Å²) in [7, 11) is 0. The lowest BCUT2D eigenvalue weighted by Gasteiger charge is -2.07. The molecule has 1 aliphatic heterocycles. The first-order chi connectivity index (χ1) is 4.57. The Morgan fingerprint density at radius 1 is 1.80 bits per heavy atom. The highest BCUT2D eigenvalue weighted by molar-refractivity contribution is 6.06. The Balaban J connectivity index is 2.86. The van der Waals surface area contributed by atoms with Crippen molar-refractivity contribution in [1.29, 1.82) is 0 Å². The third kappa shape index (κ3) is 0.741. The molecule has 1 aliphatic rings. The second-order valence-corrected chi connectivity index (χ2v) is 2.11. The molecule has 1 unspecified atom stereocenters. The Hall–Kier alpha value is -1.13. The molecule has 1 amide bonds. The first-order valence-corrected chi connectivity index (χ1v) is 2.78. The molecule has 0 spiro atoms. The van der Waals surface area contributed by atoms with Crippen LogP contribution in [-0.4, -0.2) is 29.2 Å². The maximum atomic E-state index is 12.8. The first kappa shape index (κ1) is 6.98. The number of aliphatic carboxylic acids is 1. The molecular weight excluding hydrogens is 141 g/mol. The molecule has 0 saturated carbocycles. The predicted molar refractivity (Wildman–Crippen MR) is 29.1 cm³/mol. The largest absolute Gasteiger partial charge is 0.478 e. The molecule has 1 heterocycles. The van der Waals surface area contributed by atoms with Gasteiger partial charge in [-0.1, -0.05) is 0 Å². The van der Waals surface area contributed by atoms with Crippen LogP contribution in [-0.2, 0) is 9.59 Å². The highest BCUT2D eigenvalue weighted by atomic mass is 19.1. The van der Waals surface area contributed by atoms with E-state index in [1.807, 2.05) is 0 Å². The van der Waals surface area contributed by atoms with Gasteiger partial charge in [-0.15, -0.1) is 0 Å². The van der Waals surface area contributed by atoms with Crippen molar-refractivity contribution < 1.29 is 19.1 Å². The Bertz CT molecular complexity index is 193. The van der Waals surface area contributed by atoms with Gasteiger partial charge in [0.2, 0.25) is 0 Å². The average molecular weight is 147 g/mol. The third-order valence-electron chi connectivity index (χ3n) is 1.45. The molecule has 0 aliphatic carbocycles. The van der Waals surface area contributed by atoms with Crippen LogP contribution in [0.3, 0.4) is 0 Å². The fourth-order valence-electron chi connectivity index (χ4n) is 0.806. The Kier molecular flexibility index (Phi) is 1.35. The van der Waals surface area contributed by atoms with E-state index in [1.165, 1.54) is 0 Å². The number of amides is 1. The minimum atomic E-state index is -2.68. The second kappa shape index (κ2) is 1.93. The average Bonchev–Trinajstić information content (AvgIpc) is 2.15. The molecule has 0 aromatic rings. The van der Waals surface area contributed by atoms with Crippen molar-refractivity contribution in [3.8, 4) is 0 Å². The molecule has 0 bridgehead atoms. The number of carbonyl (C=O) groups excluding carboxylic acids is 1. The minimum absolute atomic E-state index is 0.0988. The van der Waals surface area contributed by atoms with E-state index >= 15 is 0 Å². The van der Waals surface area contributed by atoms with Crippen molar-refractivity contribution in [3.63, 3.8) is 0 Å². The quantitative estimate of drug-likeness (QED) is 0.482. The topological polar surface area (TPSA) is 66.4 Å². The zero-order valence-electron chi connectivity index (χ0n) is 5.06. The van der Waals surface area contributed by atoms with Crippen molar-refractivity contribution >= 4 is 11.9 Å². The van der Waals surface area contributed by atoms with E-state index < -0.39 is 17.5 Å². The molecule has 0 aromatic heterocycles. The summed E-state index contributed by atoms with van der Waals surface area (Å²) in [6, 6.07) is 0. The monoisotopic (exact) mass is 147 g/mol. The number of carbonyl (C=O) groups is 2. The number of nitrogens with one attached hydrogen (secondary N) is 1. The number of alkyl halides is 1. The first-order valence-electron chi connectivity index (χ1n) is 2.78. The van der Waals surface area contributed by atoms with Crippen LogP contribution in [0.15, 0.2) is 0 Å². The van der Waals surface area contributed by atoms with Crippen molar-refractivity contribution in [1.82, 2.24) is 5.32 Å². The molecule has 1 atom stereocenters. The van der Waals surface area contributed by atoms with E-state index in [4.69, 9.17) is 5.11 Å². The van der Waals surface area contributed by atoms with E-state index in [0.717, 1.165) is 0 Å². The summed E-state index contributed by atoms with van der Waals surface area (Å²) in [6.07, 6.45) is -0.277. The van der Waals surface area contributed by atoms with Gasteiger partial charge in [0.1, 0.15) is 0 Å². The van der Waals surface area contributed by atoms with Gasteiger partial charge in [0.15, 0.2) is 0 Å². The summed E-state index contributed by atoms with van der Waals surface area (Å²) in [5, 5.41) is 10.3. The van der Waals surface area contributed by atoms with Crippen LogP contribution in [0.2, 0.25) is 0 Å². The number of hydrogen-bond acceptors (Lipinski definition) is 2. The standard InChI is InChI=1S/C5H6FNO3/c6-5(4(9)10)1-2-7-3(5)8/h1-2H2,(H,7,8)(H,9,10). The number of hydrogen-bond donors (Lipinski definition) is 2. The van der Waals surface area contributed by atoms with Gasteiger partial charge in [0.25, 0.3) is 11.6 Å². The highest BCUT2D eigenvalue weighted by Gasteiger charge is 2.50. The summed E-state index contributed by atoms with van der Waals surface area (Å²) < 4.78 is 12.8. The molecule has 0 aromatic carbocycles. The maximum Gasteiger partial charge on any atom is 0.351 e.